The summed E-state index contributed by atoms with van der Waals surface area (Å²) >= 11 is 12.4. The molecule has 0 atom stereocenters. The average Bonchev–Trinajstić information content (AvgIpc) is 2.48. The maximum Gasteiger partial charge on any atom is 0.249 e. The van der Waals surface area contributed by atoms with E-state index in [9.17, 15) is 9.59 Å². The maximum absolute atomic E-state index is 11.6. The topological polar surface area (TPSA) is 76.0 Å². The minimum absolute atomic E-state index is 0.208. The number of H-pyrrole nitrogens is 1. The van der Waals surface area contributed by atoms with Crippen molar-refractivity contribution in [1.29, 1.82) is 0 Å². The van der Waals surface area contributed by atoms with Gasteiger partial charge in [-0.2, -0.15) is 0 Å². The number of hydrogen-bond donors (Lipinski definition) is 2. The number of nitrogens with one attached hydrogen (secondary N) is 1. The highest BCUT2D eigenvalue weighted by Gasteiger charge is 2.15. The van der Waals surface area contributed by atoms with E-state index < -0.39 is 5.91 Å². The number of rotatable bonds is 2. The normalized spacial score (nSPS) is 10.8. The Hall–Kier alpha value is -2.30. The standard InChI is InChI=1S/C16H10Cl2N2O2/c17-8-1-2-9(12(7-8)16(19)22)10-3-5-13-11(15(10)18)4-6-14(21)20-13/h1-7H,(H2,19,22)(H,20,21). The second kappa shape index (κ2) is 5.48. The first-order valence-electron chi connectivity index (χ1n) is 6.38. The Labute approximate surface area is 135 Å². The van der Waals surface area contributed by atoms with Crippen LogP contribution in [-0.2, 0) is 0 Å². The number of fused-ring (bicyclic) bond motifs is 1. The zero-order chi connectivity index (χ0) is 15.9. The van der Waals surface area contributed by atoms with Crippen molar-refractivity contribution in [1.82, 2.24) is 4.98 Å². The van der Waals surface area contributed by atoms with Gasteiger partial charge in [-0.1, -0.05) is 35.3 Å². The third-order valence-electron chi connectivity index (χ3n) is 3.38. The predicted octanol–water partition coefficient (Wildman–Crippen LogP) is 3.60. The smallest absolute Gasteiger partial charge is 0.249 e. The lowest BCUT2D eigenvalue weighted by Crippen LogP contribution is -2.12. The predicted molar refractivity (Wildman–Crippen MR) is 88.5 cm³/mol. The molecule has 3 rings (SSSR count). The molecule has 110 valence electrons. The Bertz CT molecular complexity index is 964. The molecular formula is C16H10Cl2N2O2. The number of aromatic amines is 1. The van der Waals surface area contributed by atoms with E-state index >= 15 is 0 Å². The van der Waals surface area contributed by atoms with Crippen molar-refractivity contribution < 1.29 is 4.79 Å². The molecule has 0 bridgehead atoms. The number of hydrogen-bond acceptors (Lipinski definition) is 2. The Morgan fingerprint density at radius 2 is 1.73 bits per heavy atom. The van der Waals surface area contributed by atoms with E-state index in [4.69, 9.17) is 28.9 Å². The van der Waals surface area contributed by atoms with Crippen LogP contribution in [-0.4, -0.2) is 10.9 Å². The minimum Gasteiger partial charge on any atom is -0.366 e. The fourth-order valence-electron chi connectivity index (χ4n) is 2.36. The van der Waals surface area contributed by atoms with Crippen LogP contribution in [0.15, 0.2) is 47.3 Å². The van der Waals surface area contributed by atoms with Gasteiger partial charge in [0, 0.05) is 33.1 Å². The van der Waals surface area contributed by atoms with Crippen molar-refractivity contribution in [2.24, 2.45) is 5.73 Å². The van der Waals surface area contributed by atoms with Gasteiger partial charge < -0.3 is 10.7 Å². The molecule has 4 nitrogen and oxygen atoms in total. The van der Waals surface area contributed by atoms with Gasteiger partial charge in [-0.15, -0.1) is 0 Å². The Kier molecular flexibility index (Phi) is 3.64. The van der Waals surface area contributed by atoms with Gasteiger partial charge >= 0.3 is 0 Å². The van der Waals surface area contributed by atoms with E-state index in [0.29, 0.717) is 32.1 Å². The summed E-state index contributed by atoms with van der Waals surface area (Å²) in [5, 5.41) is 1.53. The second-order valence-electron chi connectivity index (χ2n) is 4.77. The average molecular weight is 333 g/mol. The van der Waals surface area contributed by atoms with E-state index in [2.05, 4.69) is 4.98 Å². The van der Waals surface area contributed by atoms with Crippen LogP contribution in [0.4, 0.5) is 0 Å². The molecule has 3 aromatic rings. The summed E-state index contributed by atoms with van der Waals surface area (Å²) in [6.07, 6.45) is 0. The molecule has 0 saturated carbocycles. The van der Waals surface area contributed by atoms with Crippen molar-refractivity contribution in [3.63, 3.8) is 0 Å². The fraction of sp³-hybridized carbons (Fsp3) is 0. The van der Waals surface area contributed by atoms with Crippen molar-refractivity contribution in [2.75, 3.05) is 0 Å². The number of carbonyl (C=O) groups excluding carboxylic acids is 1. The van der Waals surface area contributed by atoms with E-state index in [-0.39, 0.29) is 11.1 Å². The van der Waals surface area contributed by atoms with Crippen molar-refractivity contribution in [3.05, 3.63) is 68.4 Å². The second-order valence-corrected chi connectivity index (χ2v) is 5.58. The van der Waals surface area contributed by atoms with Crippen LogP contribution in [0.5, 0.6) is 0 Å². The molecule has 2 aromatic carbocycles. The molecule has 1 heterocycles. The van der Waals surface area contributed by atoms with Gasteiger partial charge in [0.05, 0.1) is 5.02 Å². The van der Waals surface area contributed by atoms with Crippen LogP contribution < -0.4 is 11.3 Å². The molecule has 22 heavy (non-hydrogen) atoms. The molecule has 0 unspecified atom stereocenters. The molecule has 1 aromatic heterocycles. The van der Waals surface area contributed by atoms with Crippen LogP contribution in [0.1, 0.15) is 10.4 Å². The van der Waals surface area contributed by atoms with E-state index in [0.717, 1.165) is 0 Å². The lowest BCUT2D eigenvalue weighted by molar-refractivity contribution is 0.100. The van der Waals surface area contributed by atoms with Gasteiger partial charge in [0.2, 0.25) is 11.5 Å². The van der Waals surface area contributed by atoms with E-state index in [1.807, 2.05) is 0 Å². The number of carbonyl (C=O) groups is 1. The molecule has 0 fully saturated rings. The van der Waals surface area contributed by atoms with Crippen molar-refractivity contribution >= 4 is 40.0 Å². The molecule has 0 saturated heterocycles. The summed E-state index contributed by atoms with van der Waals surface area (Å²) in [6.45, 7) is 0. The molecule has 0 aliphatic heterocycles. The first-order chi connectivity index (χ1) is 10.5. The van der Waals surface area contributed by atoms with Gasteiger partial charge in [0.15, 0.2) is 0 Å². The van der Waals surface area contributed by atoms with Gasteiger partial charge in [0.1, 0.15) is 0 Å². The van der Waals surface area contributed by atoms with E-state index in [1.165, 1.54) is 12.1 Å². The Morgan fingerprint density at radius 1 is 1.00 bits per heavy atom. The first-order valence-corrected chi connectivity index (χ1v) is 7.14. The number of amides is 1. The summed E-state index contributed by atoms with van der Waals surface area (Å²) in [7, 11) is 0. The third kappa shape index (κ3) is 2.47. The Balaban J connectivity index is 2.32. The summed E-state index contributed by atoms with van der Waals surface area (Å²) in [5.41, 5.74) is 7.36. The van der Waals surface area contributed by atoms with Gasteiger partial charge in [0.25, 0.3) is 0 Å². The van der Waals surface area contributed by atoms with Crippen LogP contribution in [0.3, 0.4) is 0 Å². The molecule has 3 N–H and O–H groups in total. The van der Waals surface area contributed by atoms with Gasteiger partial charge in [-0.25, -0.2) is 0 Å². The maximum atomic E-state index is 11.6. The molecule has 0 spiro atoms. The monoisotopic (exact) mass is 332 g/mol. The van der Waals surface area contributed by atoms with E-state index in [1.54, 1.807) is 30.3 Å². The summed E-state index contributed by atoms with van der Waals surface area (Å²) in [4.78, 5) is 25.7. The lowest BCUT2D eigenvalue weighted by Gasteiger charge is -2.11. The zero-order valence-electron chi connectivity index (χ0n) is 11.2. The SMILES string of the molecule is NC(=O)c1cc(Cl)ccc1-c1ccc2[nH]c(=O)ccc2c1Cl. The molecule has 0 aliphatic carbocycles. The molecule has 1 amide bonds. The van der Waals surface area contributed by atoms with Crippen molar-refractivity contribution in [3.8, 4) is 11.1 Å². The highest BCUT2D eigenvalue weighted by Crippen LogP contribution is 2.35. The summed E-state index contributed by atoms with van der Waals surface area (Å²) in [5.74, 6) is -0.588. The number of primary amides is 1. The molecule has 0 radical (unpaired) electrons. The Morgan fingerprint density at radius 3 is 2.45 bits per heavy atom. The van der Waals surface area contributed by atoms with Gasteiger partial charge in [-0.3, -0.25) is 9.59 Å². The summed E-state index contributed by atoms with van der Waals surface area (Å²) in [6, 6.07) is 11.4. The van der Waals surface area contributed by atoms with Crippen LogP contribution in [0.25, 0.3) is 22.0 Å². The summed E-state index contributed by atoms with van der Waals surface area (Å²) < 4.78 is 0. The zero-order valence-corrected chi connectivity index (χ0v) is 12.7. The molecule has 6 heteroatoms. The number of pyridine rings is 1. The molecule has 0 aliphatic rings. The number of nitrogens with two attached hydrogens (primary N) is 1. The minimum atomic E-state index is -0.588. The highest BCUT2D eigenvalue weighted by atomic mass is 35.5. The largest absolute Gasteiger partial charge is 0.366 e. The third-order valence-corrected chi connectivity index (χ3v) is 4.02. The highest BCUT2D eigenvalue weighted by molar-refractivity contribution is 6.38. The van der Waals surface area contributed by atoms with Crippen molar-refractivity contribution in [2.45, 2.75) is 0 Å². The number of benzene rings is 2. The fourth-order valence-corrected chi connectivity index (χ4v) is 2.86. The van der Waals surface area contributed by atoms with Gasteiger partial charge in [-0.05, 0) is 29.8 Å². The van der Waals surface area contributed by atoms with Crippen LogP contribution in [0.2, 0.25) is 10.0 Å². The molecular weight excluding hydrogens is 323 g/mol. The van der Waals surface area contributed by atoms with Crippen LogP contribution in [0, 0.1) is 0 Å². The number of halogens is 2. The quantitative estimate of drug-likeness (QED) is 0.752. The first kappa shape index (κ1) is 14.6. The lowest BCUT2D eigenvalue weighted by atomic mass is 9.97. The van der Waals surface area contributed by atoms with Crippen LogP contribution >= 0.6 is 23.2 Å². The number of aromatic nitrogens is 1.